The Bertz CT molecular complexity index is 279. The average Bonchev–Trinajstić information content (AvgIpc) is 2.40. The zero-order valence-corrected chi connectivity index (χ0v) is 11.6. The zero-order chi connectivity index (χ0) is 13.0. The highest BCUT2D eigenvalue weighted by Crippen LogP contribution is 2.27. The molecule has 2 fully saturated rings. The molecular weight excluding hydrogens is 226 g/mol. The van der Waals surface area contributed by atoms with Crippen LogP contribution in [0.25, 0.3) is 0 Å². The predicted molar refractivity (Wildman–Crippen MR) is 73.4 cm³/mol. The Hall–Kier alpha value is -0.770. The standard InChI is InChI=1S/C14H27N3O/c1-12-5-9-17(10-6-12)13(18)16-14(11-15)7-3-2-4-8-14/h12H,2-11,15H2,1H3,(H,16,18). The van der Waals surface area contributed by atoms with Crippen molar-refractivity contribution in [1.29, 1.82) is 0 Å². The van der Waals surface area contributed by atoms with Gasteiger partial charge >= 0.3 is 6.03 Å². The number of carbonyl (C=O) groups is 1. The van der Waals surface area contributed by atoms with E-state index in [-0.39, 0.29) is 11.6 Å². The van der Waals surface area contributed by atoms with E-state index in [2.05, 4.69) is 12.2 Å². The van der Waals surface area contributed by atoms with E-state index < -0.39 is 0 Å². The van der Waals surface area contributed by atoms with Gasteiger partial charge in [0.15, 0.2) is 0 Å². The maximum atomic E-state index is 12.3. The third-order valence-corrected chi connectivity index (χ3v) is 4.64. The van der Waals surface area contributed by atoms with Crippen molar-refractivity contribution in [1.82, 2.24) is 10.2 Å². The highest BCUT2D eigenvalue weighted by molar-refractivity contribution is 5.75. The van der Waals surface area contributed by atoms with Gasteiger partial charge in [0.2, 0.25) is 0 Å². The number of carbonyl (C=O) groups excluding carboxylic acids is 1. The summed E-state index contributed by atoms with van der Waals surface area (Å²) in [7, 11) is 0. The predicted octanol–water partition coefficient (Wildman–Crippen LogP) is 2.09. The number of nitrogens with one attached hydrogen (secondary N) is 1. The number of piperidine rings is 1. The molecule has 104 valence electrons. The second-order valence-corrected chi connectivity index (χ2v) is 6.14. The fourth-order valence-electron chi connectivity index (χ4n) is 3.13. The third kappa shape index (κ3) is 3.16. The maximum Gasteiger partial charge on any atom is 0.317 e. The molecule has 4 heteroatoms. The van der Waals surface area contributed by atoms with E-state index >= 15 is 0 Å². The van der Waals surface area contributed by atoms with Crippen LogP contribution >= 0.6 is 0 Å². The molecule has 0 radical (unpaired) electrons. The van der Waals surface area contributed by atoms with E-state index in [9.17, 15) is 4.79 Å². The van der Waals surface area contributed by atoms with Crippen LogP contribution in [0.5, 0.6) is 0 Å². The van der Waals surface area contributed by atoms with Gasteiger partial charge in [0.1, 0.15) is 0 Å². The summed E-state index contributed by atoms with van der Waals surface area (Å²) in [5.41, 5.74) is 5.78. The van der Waals surface area contributed by atoms with E-state index in [4.69, 9.17) is 5.73 Å². The van der Waals surface area contributed by atoms with Gasteiger partial charge in [-0.3, -0.25) is 0 Å². The van der Waals surface area contributed by atoms with Crippen molar-refractivity contribution < 1.29 is 4.79 Å². The van der Waals surface area contributed by atoms with Gasteiger partial charge in [-0.05, 0) is 31.6 Å². The van der Waals surface area contributed by atoms with Crippen LogP contribution in [0, 0.1) is 5.92 Å². The first-order valence-electron chi connectivity index (χ1n) is 7.42. The molecule has 0 spiro atoms. The second-order valence-electron chi connectivity index (χ2n) is 6.14. The van der Waals surface area contributed by atoms with Crippen LogP contribution in [0.1, 0.15) is 51.9 Å². The minimum Gasteiger partial charge on any atom is -0.331 e. The number of nitrogens with two attached hydrogens (primary N) is 1. The molecule has 0 aromatic heterocycles. The third-order valence-electron chi connectivity index (χ3n) is 4.64. The molecule has 0 atom stereocenters. The first kappa shape index (κ1) is 13.7. The van der Waals surface area contributed by atoms with Gasteiger partial charge in [-0.25, -0.2) is 4.79 Å². The lowest BCUT2D eigenvalue weighted by atomic mass is 9.82. The summed E-state index contributed by atoms with van der Waals surface area (Å²) in [5, 5.41) is 3.23. The summed E-state index contributed by atoms with van der Waals surface area (Å²) < 4.78 is 0. The van der Waals surface area contributed by atoms with Gasteiger partial charge < -0.3 is 16.0 Å². The quantitative estimate of drug-likeness (QED) is 0.791. The molecule has 2 amide bonds. The fraction of sp³-hybridized carbons (Fsp3) is 0.929. The monoisotopic (exact) mass is 253 g/mol. The molecular formula is C14H27N3O. The Kier molecular flexibility index (Phi) is 4.49. The summed E-state index contributed by atoms with van der Waals surface area (Å²) in [5.74, 6) is 0.757. The number of urea groups is 1. The average molecular weight is 253 g/mol. The fourth-order valence-corrected chi connectivity index (χ4v) is 3.13. The Balaban J connectivity index is 1.89. The Morgan fingerprint density at radius 2 is 1.89 bits per heavy atom. The highest BCUT2D eigenvalue weighted by atomic mass is 16.2. The normalized spacial score (nSPS) is 24.9. The first-order valence-corrected chi connectivity index (χ1v) is 7.42. The SMILES string of the molecule is CC1CCN(C(=O)NC2(CN)CCCCC2)CC1. The minimum atomic E-state index is -0.127. The largest absolute Gasteiger partial charge is 0.331 e. The molecule has 3 N–H and O–H groups in total. The number of likely N-dealkylation sites (tertiary alicyclic amines) is 1. The smallest absolute Gasteiger partial charge is 0.317 e. The molecule has 1 saturated heterocycles. The molecule has 0 unspecified atom stereocenters. The molecule has 0 bridgehead atoms. The number of hydrogen-bond donors (Lipinski definition) is 2. The Labute approximate surface area is 110 Å². The topological polar surface area (TPSA) is 58.4 Å². The second kappa shape index (κ2) is 5.91. The van der Waals surface area contributed by atoms with E-state index in [1.54, 1.807) is 0 Å². The van der Waals surface area contributed by atoms with Crippen LogP contribution in [-0.4, -0.2) is 36.1 Å². The van der Waals surface area contributed by atoms with Crippen LogP contribution in [0.15, 0.2) is 0 Å². The van der Waals surface area contributed by atoms with Crippen molar-refractivity contribution in [3.05, 3.63) is 0 Å². The lowest BCUT2D eigenvalue weighted by Crippen LogP contribution is -2.58. The van der Waals surface area contributed by atoms with Crippen LogP contribution in [0.4, 0.5) is 4.79 Å². The van der Waals surface area contributed by atoms with Gasteiger partial charge in [0.25, 0.3) is 0 Å². The summed E-state index contributed by atoms with van der Waals surface area (Å²) >= 11 is 0. The van der Waals surface area contributed by atoms with E-state index in [0.29, 0.717) is 6.54 Å². The summed E-state index contributed by atoms with van der Waals surface area (Å²) in [4.78, 5) is 14.3. The van der Waals surface area contributed by atoms with Crippen molar-refractivity contribution in [2.45, 2.75) is 57.4 Å². The molecule has 2 aliphatic rings. The number of nitrogens with zero attached hydrogens (tertiary/aromatic N) is 1. The summed E-state index contributed by atoms with van der Waals surface area (Å²) in [6.45, 7) is 4.63. The van der Waals surface area contributed by atoms with E-state index in [1.165, 1.54) is 19.3 Å². The molecule has 2 rings (SSSR count). The van der Waals surface area contributed by atoms with Crippen molar-refractivity contribution in [2.75, 3.05) is 19.6 Å². The molecule has 1 aliphatic heterocycles. The molecule has 1 heterocycles. The van der Waals surface area contributed by atoms with Gasteiger partial charge in [-0.2, -0.15) is 0 Å². The van der Waals surface area contributed by atoms with Crippen LogP contribution in [-0.2, 0) is 0 Å². The molecule has 0 aromatic rings. The zero-order valence-electron chi connectivity index (χ0n) is 11.6. The minimum absolute atomic E-state index is 0.106. The molecule has 0 aromatic carbocycles. The molecule has 4 nitrogen and oxygen atoms in total. The van der Waals surface area contributed by atoms with Crippen molar-refractivity contribution in [2.24, 2.45) is 11.7 Å². The molecule has 1 aliphatic carbocycles. The van der Waals surface area contributed by atoms with Crippen LogP contribution in [0.2, 0.25) is 0 Å². The van der Waals surface area contributed by atoms with Gasteiger partial charge in [0.05, 0.1) is 5.54 Å². The van der Waals surface area contributed by atoms with Gasteiger partial charge in [0, 0.05) is 19.6 Å². The van der Waals surface area contributed by atoms with Crippen molar-refractivity contribution >= 4 is 6.03 Å². The number of amides is 2. The lowest BCUT2D eigenvalue weighted by molar-refractivity contribution is 0.152. The Morgan fingerprint density at radius 3 is 2.44 bits per heavy atom. The Morgan fingerprint density at radius 1 is 1.28 bits per heavy atom. The van der Waals surface area contributed by atoms with Crippen molar-refractivity contribution in [3.8, 4) is 0 Å². The number of hydrogen-bond acceptors (Lipinski definition) is 2. The van der Waals surface area contributed by atoms with Crippen LogP contribution < -0.4 is 11.1 Å². The molecule has 1 saturated carbocycles. The van der Waals surface area contributed by atoms with E-state index in [1.807, 2.05) is 4.90 Å². The highest BCUT2D eigenvalue weighted by Gasteiger charge is 2.34. The summed E-state index contributed by atoms with van der Waals surface area (Å²) in [6, 6.07) is 0.106. The van der Waals surface area contributed by atoms with Crippen LogP contribution in [0.3, 0.4) is 0 Å². The van der Waals surface area contributed by atoms with E-state index in [0.717, 1.165) is 44.7 Å². The van der Waals surface area contributed by atoms with Crippen molar-refractivity contribution in [3.63, 3.8) is 0 Å². The maximum absolute atomic E-state index is 12.3. The lowest BCUT2D eigenvalue weighted by Gasteiger charge is -2.40. The summed E-state index contributed by atoms with van der Waals surface area (Å²) in [6.07, 6.45) is 7.99. The van der Waals surface area contributed by atoms with Gasteiger partial charge in [-0.15, -0.1) is 0 Å². The number of rotatable bonds is 2. The van der Waals surface area contributed by atoms with Gasteiger partial charge in [-0.1, -0.05) is 26.2 Å². The molecule has 18 heavy (non-hydrogen) atoms. The first-order chi connectivity index (χ1) is 8.65.